The highest BCUT2D eigenvalue weighted by Crippen LogP contribution is 2.36. The summed E-state index contributed by atoms with van der Waals surface area (Å²) in [5, 5.41) is 5.58. The fourth-order valence-electron chi connectivity index (χ4n) is 1.61. The SMILES string of the molecule is Cc1nc(CC(=O)Nc2ccc(Cl)cc2C(F)(F)F)no1. The average molecular weight is 320 g/mol. The van der Waals surface area contributed by atoms with Crippen molar-refractivity contribution in [3.63, 3.8) is 0 Å². The summed E-state index contributed by atoms with van der Waals surface area (Å²) in [5.41, 5.74) is -1.40. The van der Waals surface area contributed by atoms with E-state index >= 15 is 0 Å². The molecular weight excluding hydrogens is 311 g/mol. The van der Waals surface area contributed by atoms with Gasteiger partial charge in [0.1, 0.15) is 0 Å². The molecule has 2 aromatic rings. The fraction of sp³-hybridized carbons (Fsp3) is 0.250. The van der Waals surface area contributed by atoms with Crippen molar-refractivity contribution in [3.8, 4) is 0 Å². The van der Waals surface area contributed by atoms with Gasteiger partial charge in [-0.05, 0) is 18.2 Å². The van der Waals surface area contributed by atoms with E-state index in [1.807, 2.05) is 0 Å². The number of carbonyl (C=O) groups is 1. The molecule has 0 bridgehead atoms. The van der Waals surface area contributed by atoms with Gasteiger partial charge in [-0.15, -0.1) is 0 Å². The van der Waals surface area contributed by atoms with Gasteiger partial charge in [0.25, 0.3) is 0 Å². The van der Waals surface area contributed by atoms with Crippen LogP contribution in [0.1, 0.15) is 17.3 Å². The molecule has 21 heavy (non-hydrogen) atoms. The van der Waals surface area contributed by atoms with Gasteiger partial charge in [0, 0.05) is 11.9 Å². The van der Waals surface area contributed by atoms with Gasteiger partial charge < -0.3 is 9.84 Å². The zero-order valence-corrected chi connectivity index (χ0v) is 11.4. The van der Waals surface area contributed by atoms with Gasteiger partial charge >= 0.3 is 6.18 Å². The maximum absolute atomic E-state index is 12.9. The molecular formula is C12H9ClF3N3O2. The molecule has 9 heteroatoms. The molecule has 0 saturated carbocycles. The number of benzene rings is 1. The summed E-state index contributed by atoms with van der Waals surface area (Å²) in [5.74, 6) is -0.337. The molecule has 0 saturated heterocycles. The fourth-order valence-corrected chi connectivity index (χ4v) is 1.78. The lowest BCUT2D eigenvalue weighted by Crippen LogP contribution is -2.18. The molecule has 1 aromatic heterocycles. The van der Waals surface area contributed by atoms with Gasteiger partial charge in [-0.2, -0.15) is 18.2 Å². The second kappa shape index (κ2) is 5.72. The molecule has 0 spiro atoms. The summed E-state index contributed by atoms with van der Waals surface area (Å²) in [6.07, 6.45) is -4.92. The lowest BCUT2D eigenvalue weighted by atomic mass is 10.1. The Bertz CT molecular complexity index is 670. The lowest BCUT2D eigenvalue weighted by Gasteiger charge is -2.13. The predicted octanol–water partition coefficient (Wildman–Crippen LogP) is 3.23. The Morgan fingerprint density at radius 3 is 2.71 bits per heavy atom. The Hall–Kier alpha value is -2.09. The number of amides is 1. The number of halogens is 4. The summed E-state index contributed by atoms with van der Waals surface area (Å²) >= 11 is 5.55. The third kappa shape index (κ3) is 3.94. The molecule has 0 aliphatic carbocycles. The second-order valence-corrected chi connectivity index (χ2v) is 4.58. The molecule has 0 radical (unpaired) electrons. The van der Waals surface area contributed by atoms with E-state index in [2.05, 4.69) is 20.0 Å². The van der Waals surface area contributed by atoms with Gasteiger partial charge in [-0.1, -0.05) is 16.8 Å². The standard InChI is InChI=1S/C12H9ClF3N3O2/c1-6-17-10(19-21-6)5-11(20)18-9-3-2-7(13)4-8(9)12(14,15)16/h2-4H,5H2,1H3,(H,18,20). The molecule has 112 valence electrons. The van der Waals surface area contributed by atoms with E-state index in [-0.39, 0.29) is 28.8 Å². The first kappa shape index (κ1) is 15.3. The molecule has 1 heterocycles. The maximum Gasteiger partial charge on any atom is 0.418 e. The number of rotatable bonds is 3. The maximum atomic E-state index is 12.9. The third-order valence-electron chi connectivity index (χ3n) is 2.45. The normalized spacial score (nSPS) is 11.5. The van der Waals surface area contributed by atoms with Crippen LogP contribution < -0.4 is 5.32 Å². The molecule has 2 rings (SSSR count). The van der Waals surface area contributed by atoms with Gasteiger partial charge in [-0.3, -0.25) is 4.79 Å². The van der Waals surface area contributed by atoms with E-state index in [4.69, 9.17) is 11.6 Å². The minimum atomic E-state index is -4.63. The number of nitrogens with one attached hydrogen (secondary N) is 1. The van der Waals surface area contributed by atoms with Crippen LogP contribution in [0.15, 0.2) is 22.7 Å². The van der Waals surface area contributed by atoms with Crippen LogP contribution in [0.4, 0.5) is 18.9 Å². The highest BCUT2D eigenvalue weighted by atomic mass is 35.5. The summed E-state index contributed by atoms with van der Waals surface area (Å²) in [6, 6.07) is 3.09. The largest absolute Gasteiger partial charge is 0.418 e. The first-order valence-corrected chi connectivity index (χ1v) is 6.09. The summed E-state index contributed by atoms with van der Waals surface area (Å²) in [7, 11) is 0. The Labute approximate surface area is 122 Å². The van der Waals surface area contributed by atoms with Crippen molar-refractivity contribution >= 4 is 23.2 Å². The van der Waals surface area contributed by atoms with Crippen LogP contribution in [0, 0.1) is 6.92 Å². The Kier molecular flexibility index (Phi) is 4.17. The quantitative estimate of drug-likeness (QED) is 0.943. The van der Waals surface area contributed by atoms with Crippen LogP contribution in [0.2, 0.25) is 5.02 Å². The Morgan fingerprint density at radius 1 is 1.43 bits per heavy atom. The Morgan fingerprint density at radius 2 is 2.14 bits per heavy atom. The molecule has 1 N–H and O–H groups in total. The number of nitrogens with zero attached hydrogens (tertiary/aromatic N) is 2. The van der Waals surface area contributed by atoms with Gasteiger partial charge in [0.05, 0.1) is 17.7 Å². The van der Waals surface area contributed by atoms with Crippen molar-refractivity contribution in [3.05, 3.63) is 40.5 Å². The first-order chi connectivity index (χ1) is 9.75. The molecule has 5 nitrogen and oxygen atoms in total. The smallest absolute Gasteiger partial charge is 0.340 e. The van der Waals surface area contributed by atoms with Crippen LogP contribution in [0.3, 0.4) is 0 Å². The molecule has 0 aliphatic rings. The molecule has 1 amide bonds. The van der Waals surface area contributed by atoms with Gasteiger partial charge in [0.15, 0.2) is 5.82 Å². The molecule has 0 unspecified atom stereocenters. The van der Waals surface area contributed by atoms with Crippen LogP contribution >= 0.6 is 11.6 Å². The van der Waals surface area contributed by atoms with Crippen molar-refractivity contribution in [2.75, 3.05) is 5.32 Å². The Balaban J connectivity index is 2.17. The average Bonchev–Trinajstić information content (AvgIpc) is 2.75. The van der Waals surface area contributed by atoms with Crippen molar-refractivity contribution in [1.82, 2.24) is 10.1 Å². The van der Waals surface area contributed by atoms with E-state index in [0.29, 0.717) is 0 Å². The van der Waals surface area contributed by atoms with Crippen molar-refractivity contribution in [1.29, 1.82) is 0 Å². The number of hydrogen-bond donors (Lipinski definition) is 1. The van der Waals surface area contributed by atoms with E-state index in [0.717, 1.165) is 12.1 Å². The number of carbonyl (C=O) groups excluding carboxylic acids is 1. The van der Waals surface area contributed by atoms with Crippen LogP contribution in [-0.2, 0) is 17.4 Å². The van der Waals surface area contributed by atoms with Crippen molar-refractivity contribution < 1.29 is 22.5 Å². The number of aryl methyl sites for hydroxylation is 1. The minimum Gasteiger partial charge on any atom is -0.340 e. The summed E-state index contributed by atoms with van der Waals surface area (Å²) in [6.45, 7) is 1.54. The van der Waals surface area contributed by atoms with E-state index in [9.17, 15) is 18.0 Å². The highest BCUT2D eigenvalue weighted by Gasteiger charge is 2.34. The van der Waals surface area contributed by atoms with Crippen molar-refractivity contribution in [2.24, 2.45) is 0 Å². The molecule has 0 fully saturated rings. The van der Waals surface area contributed by atoms with Gasteiger partial charge in [-0.25, -0.2) is 0 Å². The van der Waals surface area contributed by atoms with Crippen molar-refractivity contribution in [2.45, 2.75) is 19.5 Å². The third-order valence-corrected chi connectivity index (χ3v) is 2.68. The highest BCUT2D eigenvalue weighted by molar-refractivity contribution is 6.30. The number of hydrogen-bond acceptors (Lipinski definition) is 4. The van der Waals surface area contributed by atoms with E-state index < -0.39 is 17.6 Å². The molecule has 0 aliphatic heterocycles. The van der Waals surface area contributed by atoms with E-state index in [1.54, 1.807) is 0 Å². The lowest BCUT2D eigenvalue weighted by molar-refractivity contribution is -0.137. The number of alkyl halides is 3. The predicted molar refractivity (Wildman–Crippen MR) is 67.8 cm³/mol. The summed E-state index contributed by atoms with van der Waals surface area (Å²) < 4.78 is 43.2. The second-order valence-electron chi connectivity index (χ2n) is 4.14. The van der Waals surface area contributed by atoms with Crippen LogP contribution in [-0.4, -0.2) is 16.0 Å². The minimum absolute atomic E-state index is 0.0749. The zero-order valence-electron chi connectivity index (χ0n) is 10.7. The van der Waals surface area contributed by atoms with Crippen LogP contribution in [0.5, 0.6) is 0 Å². The topological polar surface area (TPSA) is 68.0 Å². The van der Waals surface area contributed by atoms with Crippen LogP contribution in [0.25, 0.3) is 0 Å². The monoisotopic (exact) mass is 319 g/mol. The number of anilines is 1. The molecule has 0 atom stereocenters. The van der Waals surface area contributed by atoms with Gasteiger partial charge in [0.2, 0.25) is 11.8 Å². The number of aromatic nitrogens is 2. The summed E-state index contributed by atoms with van der Waals surface area (Å²) in [4.78, 5) is 15.5. The first-order valence-electron chi connectivity index (χ1n) is 5.71. The molecule has 1 aromatic carbocycles. The zero-order chi connectivity index (χ0) is 15.6. The van der Waals surface area contributed by atoms with E-state index in [1.165, 1.54) is 13.0 Å².